The molecule has 0 aliphatic carbocycles. The van der Waals surface area contributed by atoms with Crippen LogP contribution in [0, 0.1) is 39.6 Å². The molecule has 3 N–H and O–H groups in total. The van der Waals surface area contributed by atoms with Crippen LogP contribution in [0.2, 0.25) is 36.3 Å². The van der Waals surface area contributed by atoms with Gasteiger partial charge < -0.3 is 70.0 Å². The van der Waals surface area contributed by atoms with Crippen molar-refractivity contribution in [3.8, 4) is 0 Å². The number of hydroxylamine groups is 6. The van der Waals surface area contributed by atoms with Crippen LogP contribution >= 0.6 is 43.1 Å². The van der Waals surface area contributed by atoms with Crippen molar-refractivity contribution < 1.29 is 126 Å². The number of hydrogen-bond acceptors (Lipinski definition) is 27. The van der Waals surface area contributed by atoms with Gasteiger partial charge in [0, 0.05) is 69.9 Å². The Hall–Kier alpha value is 9.02. The van der Waals surface area contributed by atoms with Crippen LogP contribution in [-0.2, 0) is 114 Å². The quantitative estimate of drug-likeness (QED) is 0.0178. The molecule has 101 heavy (non-hydrogen) atoms. The summed E-state index contributed by atoms with van der Waals surface area (Å²) < 4.78 is 107. The summed E-state index contributed by atoms with van der Waals surface area (Å²) in [5.74, 6) is -0.314. The van der Waals surface area contributed by atoms with Gasteiger partial charge in [-0.05, 0) is 89.8 Å². The molecule has 0 bridgehead atoms. The number of carbonyl (C=O) groups is 3. The van der Waals surface area contributed by atoms with E-state index in [1.54, 1.807) is 26.4 Å². The second kappa shape index (κ2) is 58.9. The van der Waals surface area contributed by atoms with E-state index in [1.807, 2.05) is 13.8 Å². The molecule has 0 aromatic rings. The van der Waals surface area contributed by atoms with E-state index >= 15 is 0 Å². The smallest absolute Gasteiger partial charge is 1.00 e. The van der Waals surface area contributed by atoms with Crippen LogP contribution in [0.4, 0.5) is 0 Å². The van der Waals surface area contributed by atoms with E-state index in [4.69, 9.17) is 85.9 Å². The normalized spacial score (nSPS) is 26.5. The van der Waals surface area contributed by atoms with Gasteiger partial charge in [0.25, 0.3) is 5.91 Å². The maximum atomic E-state index is 13.8. The van der Waals surface area contributed by atoms with Gasteiger partial charge in [0.05, 0.1) is 96.6 Å². The Morgan fingerprint density at radius 3 is 1.20 bits per heavy atom. The van der Waals surface area contributed by atoms with Gasteiger partial charge in [-0.2, -0.15) is 0 Å². The van der Waals surface area contributed by atoms with Crippen molar-refractivity contribution in [2.45, 2.75) is 229 Å². The van der Waals surface area contributed by atoms with Gasteiger partial charge >= 0.3 is 314 Å². The summed E-state index contributed by atoms with van der Waals surface area (Å²) in [6.45, 7) is 28.2. The van der Waals surface area contributed by atoms with Crippen LogP contribution in [0.5, 0.6) is 0 Å². The van der Waals surface area contributed by atoms with E-state index in [1.165, 1.54) is 61.8 Å². The molecule has 6 aliphatic heterocycles. The molecule has 0 saturated carbocycles. The molecule has 0 aromatic heterocycles. The molecule has 15 atom stereocenters. The van der Waals surface area contributed by atoms with Gasteiger partial charge in [-0.3, -0.25) is 47.0 Å². The number of amides is 3. The van der Waals surface area contributed by atoms with Crippen LogP contribution in [0.15, 0.2) is 12.7 Å². The Balaban J connectivity index is -0.000000150. The largest absolute Gasteiger partial charge is 2.00 e. The summed E-state index contributed by atoms with van der Waals surface area (Å²) in [6, 6.07) is 0. The topological polar surface area (TPSA) is 313 Å². The first-order valence-electron chi connectivity index (χ1n) is 31.7. The van der Waals surface area contributed by atoms with Crippen molar-refractivity contribution in [2.75, 3.05) is 80.4 Å². The number of likely N-dealkylation sites (N-methyl/N-ethyl adjacent to an activating group) is 1. The minimum Gasteiger partial charge on any atom is -1.00 e. The van der Waals surface area contributed by atoms with E-state index in [9.17, 15) is 38.6 Å². The maximum Gasteiger partial charge on any atom is 2.00 e. The van der Waals surface area contributed by atoms with E-state index in [2.05, 4.69) is 79.1 Å². The van der Waals surface area contributed by atoms with E-state index in [0.29, 0.717) is 38.5 Å². The SMILES string of the molecule is C=CC(=O)N(C)OC.CC[C@H]1O[CH-]C[C@H]1OP(O)(=S)OC[C@H]1O[CH-]C[C@H]1O[Si](C)(C)C(C)(C)C.CC[C@H]1O[CH-]C[C@H]1O[P@](=O)(OC[C@H]1O[CH-]C[C@H]1O[Si](C)(C)C(C)(C)C)SCCC(=O)N(C)OC.CON(C)C(=O)CCS[P@@](=O)(OC[C@H]1O[CH-]C[C@H]1O)O[C@@H]1C[CH-]O[C@@H]1CO.[Ba+2].[Ba+2].[Ba+2].[Ba+2].[Ba+2].[Ba+2].[H-].[H-].[H-].[H-].[H-].[H-]. The minimum atomic E-state index is -3.70. The molecule has 0 radical (unpaired) electrons. The fourth-order valence-electron chi connectivity index (χ4n) is 8.55. The van der Waals surface area contributed by atoms with Gasteiger partial charge in [-0.25, -0.2) is 64.0 Å². The molecular weight excluding hydrogens is 2220 g/mol. The van der Waals surface area contributed by atoms with E-state index < -0.39 is 61.4 Å². The maximum absolute atomic E-state index is 13.8. The summed E-state index contributed by atoms with van der Waals surface area (Å²) in [6.07, 6.45) is 1.68. The van der Waals surface area contributed by atoms with Gasteiger partial charge in [0.15, 0.2) is 16.6 Å². The molecule has 28 nitrogen and oxygen atoms in total. The fourth-order valence-corrected chi connectivity index (χ4v) is 19.6. The molecule has 0 spiro atoms. The number of rotatable bonds is 34. The van der Waals surface area contributed by atoms with Crippen molar-refractivity contribution in [1.82, 2.24) is 15.2 Å². The van der Waals surface area contributed by atoms with Crippen LogP contribution in [0.25, 0.3) is 0 Å². The molecule has 6 saturated heterocycles. The third-order valence-electron chi connectivity index (χ3n) is 16.7. The summed E-state index contributed by atoms with van der Waals surface area (Å²) in [5.41, 5.74) is 0. The van der Waals surface area contributed by atoms with Gasteiger partial charge in [0.1, 0.15) is 0 Å². The van der Waals surface area contributed by atoms with Crippen molar-refractivity contribution in [1.29, 1.82) is 0 Å². The zero-order chi connectivity index (χ0) is 71.6. The molecule has 3 amide bonds. The van der Waals surface area contributed by atoms with Crippen molar-refractivity contribution in [3.05, 3.63) is 52.3 Å². The fraction of sp³-hybridized carbons (Fsp3) is 0.814. The zero-order valence-corrected chi connectivity index (χ0v) is 96.7. The summed E-state index contributed by atoms with van der Waals surface area (Å²) >= 11 is 7.07. The molecule has 1 unspecified atom stereocenters. The van der Waals surface area contributed by atoms with Crippen LogP contribution in [0.3, 0.4) is 0 Å². The van der Waals surface area contributed by atoms with Crippen LogP contribution in [0.1, 0.15) is 128 Å². The molecule has 42 heteroatoms. The Labute approximate surface area is 869 Å². The number of carbonyl (C=O) groups excluding carboxylic acids is 3. The first kappa shape index (κ1) is 116. The van der Waals surface area contributed by atoms with Gasteiger partial charge in [0.2, 0.25) is 11.8 Å². The summed E-state index contributed by atoms with van der Waals surface area (Å²) in [5, 5.41) is 22.6. The Bertz CT molecular complexity index is 2510. The third-order valence-corrected chi connectivity index (χ3v) is 34.9. The standard InChI is InChI=1S/C22H42NO8PSSi.C17H33O6PSSi.C15H26NO9PS.C5H9NO2.6Ba.6H/c1-9-17-18(10-13-27-17)30-32(25,33-15-12-21(24)23(5)26-6)29-16-20-19(11-14-28-20)31-34(7,8)22(2,3)4;1-7-13-14(8-10-19-13)22-24(18,25)21-12-16-15(9-11-20-16)23-26(5,6)17(2,3)4;1-16(21-2)15(19)5-8-27-26(20,24-10-14-11(18)3-6-23-14)25-12-4-7-22-13(12)9-17;1-4-5(7)6(2)8-3;;;;;;;;;;;;/h13-14,17-20H,9-12,15-16H2,1-8H3;10-11,13-16H,7-9,12H2,1-6H3,(H,18,25);6-7,11-14,17-18H,3-5,8-10H2,1-2H3;4H,1H2,2-3H3;;;;;;;;;;;;/q3*-2;;6*+2;6*-1/t17-,18-,19-,20-,32+;13-,14-,15-,16-,24?;11-,12-,13-,14-,26+;;;;;;;;;;;;;/m111............./s1. The molecule has 570 valence electrons. The van der Waals surface area contributed by atoms with Crippen molar-refractivity contribution >= 4 is 383 Å². The second-order valence-electron chi connectivity index (χ2n) is 25.6. The molecular formula is C59H116Ba6N3O25P3S3Si2. The Morgan fingerprint density at radius 2 is 0.871 bits per heavy atom. The van der Waals surface area contributed by atoms with E-state index in [-0.39, 0.29) is 429 Å². The zero-order valence-electron chi connectivity index (χ0n) is 69.0. The average Bonchev–Trinajstić information content (AvgIpc) is 1.71. The summed E-state index contributed by atoms with van der Waals surface area (Å²) in [4.78, 5) is 59.0. The monoisotopic (exact) mass is 2340 g/mol. The first-order chi connectivity index (χ1) is 44.4. The van der Waals surface area contributed by atoms with Crippen molar-refractivity contribution in [3.63, 3.8) is 0 Å². The van der Waals surface area contributed by atoms with Gasteiger partial charge in [-0.1, -0.05) is 62.0 Å². The number of aliphatic hydroxyl groups excluding tert-OH is 2. The van der Waals surface area contributed by atoms with Crippen LogP contribution < -0.4 is 0 Å². The molecule has 6 heterocycles. The third kappa shape index (κ3) is 43.2. The predicted octanol–water partition coefficient (Wildman–Crippen LogP) is 9.12. The molecule has 6 aliphatic rings. The second-order valence-corrected chi connectivity index (χ2v) is 46.2. The minimum absolute atomic E-state index is 0. The first-order valence-corrected chi connectivity index (χ1v) is 46.4. The average molecular weight is 2340 g/mol. The molecule has 6 fully saturated rings. The molecule has 0 aromatic carbocycles. The van der Waals surface area contributed by atoms with E-state index in [0.717, 1.165) is 50.8 Å². The number of ether oxygens (including phenoxy) is 6. The Morgan fingerprint density at radius 1 is 0.554 bits per heavy atom. The number of nitrogens with zero attached hydrogens (tertiary/aromatic N) is 3. The van der Waals surface area contributed by atoms with Crippen LogP contribution in [-0.4, -0.2) is 512 Å². The summed E-state index contributed by atoms with van der Waals surface area (Å²) in [7, 11) is 4.81. The number of aliphatic hydroxyl groups is 2. The van der Waals surface area contributed by atoms with Crippen molar-refractivity contribution in [2.24, 2.45) is 0 Å². The van der Waals surface area contributed by atoms with Gasteiger partial charge in [-0.15, -0.1) is 38.5 Å². The number of hydrogen-bond donors (Lipinski definition) is 3. The predicted molar refractivity (Wildman–Crippen MR) is 410 cm³/mol. The Kier molecular flexibility index (Phi) is 67.8. The molecule has 6 rings (SSSR count).